The number of aliphatic hydroxyl groups is 2. The van der Waals surface area contributed by atoms with Crippen LogP contribution in [0.15, 0.2) is 0 Å². The molecule has 0 atom stereocenters. The summed E-state index contributed by atoms with van der Waals surface area (Å²) in [7, 11) is -7.33. The summed E-state index contributed by atoms with van der Waals surface area (Å²) in [6.45, 7) is 0.312. The second-order valence-electron chi connectivity index (χ2n) is 3.78. The highest BCUT2D eigenvalue weighted by Crippen LogP contribution is 2.44. The van der Waals surface area contributed by atoms with Gasteiger partial charge in [0.25, 0.3) is 20.2 Å². The highest BCUT2D eigenvalue weighted by Gasteiger charge is 2.41. The molecule has 10 heteroatoms. The minimum absolute atomic E-state index is 0.0556. The van der Waals surface area contributed by atoms with E-state index in [0.29, 0.717) is 12.5 Å². The Hall–Kier alpha value is -0.260. The van der Waals surface area contributed by atoms with Gasteiger partial charge in [0.05, 0.1) is 25.7 Å². The lowest BCUT2D eigenvalue weighted by molar-refractivity contribution is 0.134. The molecule has 1 rings (SSSR count). The SMILES string of the molecule is CS(=O)(=O)O.CS(=O)(=O)O.OCC1(CO)CC1. The zero-order valence-electron chi connectivity index (χ0n) is 9.57. The van der Waals surface area contributed by atoms with E-state index in [4.69, 9.17) is 19.3 Å². The molecule has 0 bridgehead atoms. The third-order valence-corrected chi connectivity index (χ3v) is 1.63. The van der Waals surface area contributed by atoms with Crippen molar-refractivity contribution in [3.8, 4) is 0 Å². The molecule has 4 N–H and O–H groups in total. The van der Waals surface area contributed by atoms with Gasteiger partial charge < -0.3 is 10.2 Å². The van der Waals surface area contributed by atoms with Crippen molar-refractivity contribution in [1.29, 1.82) is 0 Å². The summed E-state index contributed by atoms with van der Waals surface area (Å²) in [5.74, 6) is 0. The van der Waals surface area contributed by atoms with Crippen molar-refractivity contribution in [1.82, 2.24) is 0 Å². The molecule has 17 heavy (non-hydrogen) atoms. The van der Waals surface area contributed by atoms with Crippen LogP contribution in [0.1, 0.15) is 12.8 Å². The second-order valence-corrected chi connectivity index (χ2v) is 6.71. The van der Waals surface area contributed by atoms with Crippen LogP contribution in [0.25, 0.3) is 0 Å². The van der Waals surface area contributed by atoms with E-state index in [-0.39, 0.29) is 18.6 Å². The molecule has 1 saturated carbocycles. The zero-order chi connectivity index (χ0) is 14.3. The Morgan fingerprint density at radius 1 is 0.882 bits per heavy atom. The van der Waals surface area contributed by atoms with Crippen LogP contribution >= 0.6 is 0 Å². The highest BCUT2D eigenvalue weighted by atomic mass is 32.2. The molecule has 0 aromatic rings. The van der Waals surface area contributed by atoms with Crippen LogP contribution in [0.5, 0.6) is 0 Å². The second kappa shape index (κ2) is 7.24. The fraction of sp³-hybridized carbons (Fsp3) is 1.00. The Morgan fingerprint density at radius 2 is 1.06 bits per heavy atom. The smallest absolute Gasteiger partial charge is 0.261 e. The minimum atomic E-state index is -3.67. The lowest BCUT2D eigenvalue weighted by Gasteiger charge is -2.02. The lowest BCUT2D eigenvalue weighted by Crippen LogP contribution is -2.10. The maximum Gasteiger partial charge on any atom is 0.261 e. The van der Waals surface area contributed by atoms with E-state index in [1.807, 2.05) is 0 Å². The fourth-order valence-corrected chi connectivity index (χ4v) is 0.543. The molecule has 8 nitrogen and oxygen atoms in total. The molecule has 0 radical (unpaired) electrons. The van der Waals surface area contributed by atoms with E-state index >= 15 is 0 Å². The van der Waals surface area contributed by atoms with Gasteiger partial charge in [-0.3, -0.25) is 9.11 Å². The number of hydrogen-bond donors (Lipinski definition) is 4. The standard InChI is InChI=1S/C5H10O2.2CH4O3S/c6-3-5(4-7)1-2-5;2*1-5(2,3)4/h6-7H,1-4H2;2*1H3,(H,2,3,4). The maximum atomic E-state index is 9.19. The van der Waals surface area contributed by atoms with Gasteiger partial charge in [-0.05, 0) is 12.8 Å². The quantitative estimate of drug-likeness (QED) is 0.462. The summed E-state index contributed by atoms with van der Waals surface area (Å²) >= 11 is 0. The molecule has 0 heterocycles. The molecule has 106 valence electrons. The molecule has 0 aromatic carbocycles. The average molecular weight is 294 g/mol. The molecule has 0 aromatic heterocycles. The number of aliphatic hydroxyl groups excluding tert-OH is 2. The lowest BCUT2D eigenvalue weighted by atomic mass is 10.1. The molecular formula is C7H18O8S2. The Bertz CT molecular complexity index is 340. The van der Waals surface area contributed by atoms with Gasteiger partial charge in [0.15, 0.2) is 0 Å². The molecule has 0 aliphatic heterocycles. The first kappa shape index (κ1) is 19.1. The van der Waals surface area contributed by atoms with Crippen molar-refractivity contribution in [2.24, 2.45) is 5.41 Å². The Balaban J connectivity index is 0. The van der Waals surface area contributed by atoms with Gasteiger partial charge in [0, 0.05) is 5.41 Å². The van der Waals surface area contributed by atoms with Crippen LogP contribution < -0.4 is 0 Å². The van der Waals surface area contributed by atoms with Gasteiger partial charge in [-0.2, -0.15) is 16.8 Å². The molecule has 0 unspecified atom stereocenters. The molecule has 0 saturated heterocycles. The first-order chi connectivity index (χ1) is 7.33. The first-order valence-corrected chi connectivity index (χ1v) is 8.09. The van der Waals surface area contributed by atoms with Crippen molar-refractivity contribution < 1.29 is 36.2 Å². The summed E-state index contributed by atoms with van der Waals surface area (Å²) in [4.78, 5) is 0. The zero-order valence-corrected chi connectivity index (χ0v) is 11.2. The Kier molecular flexibility index (Phi) is 8.12. The van der Waals surface area contributed by atoms with Gasteiger partial charge in [-0.15, -0.1) is 0 Å². The topological polar surface area (TPSA) is 149 Å². The normalized spacial score (nSPS) is 17.1. The number of hydrogen-bond acceptors (Lipinski definition) is 6. The van der Waals surface area contributed by atoms with E-state index in [1.54, 1.807) is 0 Å². The molecule has 1 fully saturated rings. The van der Waals surface area contributed by atoms with Gasteiger partial charge in [0.2, 0.25) is 0 Å². The minimum Gasteiger partial charge on any atom is -0.396 e. The largest absolute Gasteiger partial charge is 0.396 e. The van der Waals surface area contributed by atoms with E-state index < -0.39 is 20.2 Å². The van der Waals surface area contributed by atoms with Crippen molar-refractivity contribution in [3.05, 3.63) is 0 Å². The molecule has 1 aliphatic carbocycles. The predicted molar refractivity (Wildman–Crippen MR) is 60.8 cm³/mol. The Morgan fingerprint density at radius 3 is 1.06 bits per heavy atom. The van der Waals surface area contributed by atoms with Crippen molar-refractivity contribution >= 4 is 20.2 Å². The van der Waals surface area contributed by atoms with Crippen LogP contribution in [0, 0.1) is 5.41 Å². The van der Waals surface area contributed by atoms with E-state index in [9.17, 15) is 16.8 Å². The Labute approximate surface area is 101 Å². The van der Waals surface area contributed by atoms with Gasteiger partial charge in [0.1, 0.15) is 0 Å². The molecule has 1 aliphatic rings. The van der Waals surface area contributed by atoms with Crippen LogP contribution in [-0.4, -0.2) is 61.9 Å². The van der Waals surface area contributed by atoms with E-state index in [2.05, 4.69) is 0 Å². The summed E-state index contributed by atoms with van der Waals surface area (Å²) in [5, 5.41) is 17.0. The van der Waals surface area contributed by atoms with Gasteiger partial charge >= 0.3 is 0 Å². The summed E-state index contributed by atoms with van der Waals surface area (Å²) in [5.41, 5.74) is -0.0556. The third-order valence-electron chi connectivity index (χ3n) is 1.63. The maximum absolute atomic E-state index is 9.19. The van der Waals surface area contributed by atoms with Crippen LogP contribution in [0.3, 0.4) is 0 Å². The first-order valence-electron chi connectivity index (χ1n) is 4.39. The van der Waals surface area contributed by atoms with Crippen LogP contribution in [0.2, 0.25) is 0 Å². The fourth-order valence-electron chi connectivity index (χ4n) is 0.543. The van der Waals surface area contributed by atoms with Crippen molar-refractivity contribution in [2.45, 2.75) is 12.8 Å². The predicted octanol–water partition coefficient (Wildman–Crippen LogP) is -1.24. The van der Waals surface area contributed by atoms with Gasteiger partial charge in [-0.1, -0.05) is 0 Å². The average Bonchev–Trinajstić information content (AvgIpc) is 2.77. The third kappa shape index (κ3) is 25.8. The monoisotopic (exact) mass is 294 g/mol. The van der Waals surface area contributed by atoms with E-state index in [0.717, 1.165) is 12.8 Å². The van der Waals surface area contributed by atoms with Crippen LogP contribution in [0.4, 0.5) is 0 Å². The van der Waals surface area contributed by atoms with Crippen molar-refractivity contribution in [3.63, 3.8) is 0 Å². The summed E-state index contributed by atoms with van der Waals surface area (Å²) in [6, 6.07) is 0. The van der Waals surface area contributed by atoms with Crippen LogP contribution in [-0.2, 0) is 20.2 Å². The number of rotatable bonds is 2. The molecule has 0 amide bonds. The molecule has 0 spiro atoms. The van der Waals surface area contributed by atoms with Crippen molar-refractivity contribution in [2.75, 3.05) is 25.7 Å². The van der Waals surface area contributed by atoms with Gasteiger partial charge in [-0.25, -0.2) is 0 Å². The summed E-state index contributed by atoms with van der Waals surface area (Å²) < 4.78 is 51.7. The summed E-state index contributed by atoms with van der Waals surface area (Å²) in [6.07, 6.45) is 3.43. The van der Waals surface area contributed by atoms with E-state index in [1.165, 1.54) is 0 Å². The highest BCUT2D eigenvalue weighted by molar-refractivity contribution is 7.85. The molecular weight excluding hydrogens is 276 g/mol.